The molecule has 2 aromatic carbocycles. The maximum absolute atomic E-state index is 13.3. The van der Waals surface area contributed by atoms with Crippen LogP contribution in [0.2, 0.25) is 0 Å². The molecule has 1 amide bonds. The van der Waals surface area contributed by atoms with E-state index in [0.717, 1.165) is 62.5 Å². The molecule has 166 valence electrons. The van der Waals surface area contributed by atoms with Crippen molar-refractivity contribution in [3.05, 3.63) is 47.5 Å². The maximum atomic E-state index is 13.3. The monoisotopic (exact) mass is 442 g/mol. The minimum atomic E-state index is -3.64. The summed E-state index contributed by atoms with van der Waals surface area (Å²) in [5.41, 5.74) is 4.33. The Balaban J connectivity index is 1.69. The van der Waals surface area contributed by atoms with Gasteiger partial charge in [0.15, 0.2) is 0 Å². The Kier molecular flexibility index (Phi) is 5.94. The van der Waals surface area contributed by atoms with Crippen molar-refractivity contribution in [3.8, 4) is 0 Å². The molecule has 1 fully saturated rings. The summed E-state index contributed by atoms with van der Waals surface area (Å²) in [6.45, 7) is 5.77. The highest BCUT2D eigenvalue weighted by Crippen LogP contribution is 2.32. The van der Waals surface area contributed by atoms with Crippen molar-refractivity contribution in [2.45, 2.75) is 31.1 Å². The van der Waals surface area contributed by atoms with Gasteiger partial charge < -0.3 is 15.1 Å². The third-order valence-corrected chi connectivity index (χ3v) is 7.97. The largest absolute Gasteiger partial charge is 0.371 e. The third kappa shape index (κ3) is 4.14. The summed E-state index contributed by atoms with van der Waals surface area (Å²) in [5, 5.41) is 3.00. The first-order valence-electron chi connectivity index (χ1n) is 10.8. The second-order valence-corrected chi connectivity index (χ2v) is 10.4. The Morgan fingerprint density at radius 1 is 1.03 bits per heavy atom. The summed E-state index contributed by atoms with van der Waals surface area (Å²) in [5.74, 6) is -0.293. The van der Waals surface area contributed by atoms with Crippen molar-refractivity contribution in [1.82, 2.24) is 4.31 Å². The molecule has 0 atom stereocenters. The molecule has 0 radical (unpaired) electrons. The van der Waals surface area contributed by atoms with Crippen LogP contribution in [0.5, 0.6) is 0 Å². The molecule has 8 heteroatoms. The maximum Gasteiger partial charge on any atom is 0.257 e. The van der Waals surface area contributed by atoms with Gasteiger partial charge in [-0.3, -0.25) is 4.79 Å². The van der Waals surface area contributed by atoms with Crippen LogP contribution in [0, 0.1) is 0 Å². The van der Waals surface area contributed by atoms with Crippen LogP contribution in [0.25, 0.3) is 0 Å². The number of hydrogen-bond donors (Lipinski definition) is 1. The lowest BCUT2D eigenvalue weighted by molar-refractivity contribution is 0.102. The predicted octanol–water partition coefficient (Wildman–Crippen LogP) is 3.17. The number of hydrogen-bond acceptors (Lipinski definition) is 5. The van der Waals surface area contributed by atoms with Gasteiger partial charge in [-0.25, -0.2) is 12.7 Å². The van der Waals surface area contributed by atoms with Gasteiger partial charge in [-0.05, 0) is 62.1 Å². The second kappa shape index (κ2) is 8.51. The van der Waals surface area contributed by atoms with Gasteiger partial charge in [0.05, 0.1) is 10.5 Å². The number of carbonyl (C=O) groups excluding carboxylic acids is 1. The molecule has 0 saturated carbocycles. The molecular formula is C23H30N4O3S. The number of benzene rings is 2. The zero-order valence-corrected chi connectivity index (χ0v) is 19.2. The summed E-state index contributed by atoms with van der Waals surface area (Å²) >= 11 is 0. The van der Waals surface area contributed by atoms with E-state index in [4.69, 9.17) is 0 Å². The number of rotatable bonds is 6. The van der Waals surface area contributed by atoms with E-state index < -0.39 is 10.0 Å². The predicted molar refractivity (Wildman–Crippen MR) is 125 cm³/mol. The Morgan fingerprint density at radius 3 is 2.45 bits per heavy atom. The minimum absolute atomic E-state index is 0.122. The van der Waals surface area contributed by atoms with Crippen LogP contribution in [0.15, 0.2) is 41.3 Å². The molecule has 2 aliphatic rings. The molecule has 7 nitrogen and oxygen atoms in total. The topological polar surface area (TPSA) is 73.0 Å². The lowest BCUT2D eigenvalue weighted by Crippen LogP contribution is -2.25. The highest BCUT2D eigenvalue weighted by Gasteiger charge is 2.25. The number of nitrogens with zero attached hydrogens (tertiary/aromatic N) is 3. The van der Waals surface area contributed by atoms with Crippen LogP contribution in [0.3, 0.4) is 0 Å². The second-order valence-electron chi connectivity index (χ2n) is 8.29. The molecule has 31 heavy (non-hydrogen) atoms. The summed E-state index contributed by atoms with van der Waals surface area (Å²) in [6.07, 6.45) is 3.15. The third-order valence-electron chi connectivity index (χ3n) is 6.15. The lowest BCUT2D eigenvalue weighted by Gasteiger charge is -2.22. The van der Waals surface area contributed by atoms with Gasteiger partial charge in [-0.15, -0.1) is 0 Å². The fourth-order valence-corrected chi connectivity index (χ4v) is 5.28. The average Bonchev–Trinajstić information content (AvgIpc) is 3.42. The van der Waals surface area contributed by atoms with E-state index in [1.165, 1.54) is 30.0 Å². The lowest BCUT2D eigenvalue weighted by atomic mass is 10.1. The summed E-state index contributed by atoms with van der Waals surface area (Å²) in [6, 6.07) is 10.9. The fourth-order valence-electron chi connectivity index (χ4n) is 4.35. The van der Waals surface area contributed by atoms with E-state index in [1.807, 2.05) is 12.1 Å². The smallest absolute Gasteiger partial charge is 0.257 e. The van der Waals surface area contributed by atoms with E-state index in [2.05, 4.69) is 28.1 Å². The van der Waals surface area contributed by atoms with Gasteiger partial charge in [-0.2, -0.15) is 0 Å². The van der Waals surface area contributed by atoms with Gasteiger partial charge in [0.25, 0.3) is 5.91 Å². The molecule has 1 saturated heterocycles. The van der Waals surface area contributed by atoms with E-state index in [-0.39, 0.29) is 10.8 Å². The summed E-state index contributed by atoms with van der Waals surface area (Å²) in [7, 11) is -0.650. The van der Waals surface area contributed by atoms with E-state index in [1.54, 1.807) is 12.1 Å². The van der Waals surface area contributed by atoms with Crippen LogP contribution >= 0.6 is 0 Å². The van der Waals surface area contributed by atoms with E-state index >= 15 is 0 Å². The zero-order chi connectivity index (χ0) is 22.2. The van der Waals surface area contributed by atoms with Crippen molar-refractivity contribution in [2.75, 3.05) is 55.4 Å². The molecule has 4 rings (SSSR count). The van der Waals surface area contributed by atoms with Crippen LogP contribution in [0.1, 0.15) is 35.7 Å². The Hall–Kier alpha value is -2.58. The number of anilines is 3. The first-order valence-corrected chi connectivity index (χ1v) is 12.3. The highest BCUT2D eigenvalue weighted by molar-refractivity contribution is 7.89. The Labute approximate surface area is 184 Å². The standard InChI is InChI=1S/C23H30N4O3S/c1-4-26-14-11-17-7-8-18(15-22(17)26)24-23(28)20-16-19(31(29,30)25(2)3)9-10-21(20)27-12-5-6-13-27/h7-10,15-16H,4-6,11-14H2,1-3H3,(H,24,28). The van der Waals surface area contributed by atoms with Gasteiger partial charge in [-0.1, -0.05) is 6.07 Å². The van der Waals surface area contributed by atoms with E-state index in [9.17, 15) is 13.2 Å². The van der Waals surface area contributed by atoms with Crippen LogP contribution in [-0.2, 0) is 16.4 Å². The fraction of sp³-hybridized carbons (Fsp3) is 0.435. The van der Waals surface area contributed by atoms with Crippen molar-refractivity contribution < 1.29 is 13.2 Å². The Bertz CT molecular complexity index is 1090. The quantitative estimate of drug-likeness (QED) is 0.744. The molecule has 2 heterocycles. The highest BCUT2D eigenvalue weighted by atomic mass is 32.2. The number of nitrogens with one attached hydrogen (secondary N) is 1. The van der Waals surface area contributed by atoms with Crippen LogP contribution in [-0.4, -0.2) is 58.9 Å². The number of fused-ring (bicyclic) bond motifs is 1. The molecule has 0 aliphatic carbocycles. The molecule has 0 bridgehead atoms. The Morgan fingerprint density at radius 2 is 1.77 bits per heavy atom. The van der Waals surface area contributed by atoms with Gasteiger partial charge >= 0.3 is 0 Å². The number of likely N-dealkylation sites (N-methyl/N-ethyl adjacent to an activating group) is 1. The van der Waals surface area contributed by atoms with Crippen LogP contribution < -0.4 is 15.1 Å². The van der Waals surface area contributed by atoms with Crippen molar-refractivity contribution in [3.63, 3.8) is 0 Å². The van der Waals surface area contributed by atoms with Gasteiger partial charge in [0.2, 0.25) is 10.0 Å². The van der Waals surface area contributed by atoms with Crippen molar-refractivity contribution in [2.24, 2.45) is 0 Å². The molecule has 0 unspecified atom stereocenters. The van der Waals surface area contributed by atoms with Crippen LogP contribution in [0.4, 0.5) is 17.1 Å². The first-order chi connectivity index (χ1) is 14.8. The van der Waals surface area contributed by atoms with Gasteiger partial charge in [0.1, 0.15) is 0 Å². The molecule has 2 aliphatic heterocycles. The van der Waals surface area contributed by atoms with Gasteiger partial charge in [0, 0.05) is 57.3 Å². The molecular weight excluding hydrogens is 412 g/mol. The summed E-state index contributed by atoms with van der Waals surface area (Å²) in [4.78, 5) is 17.9. The number of amides is 1. The molecule has 2 aromatic rings. The summed E-state index contributed by atoms with van der Waals surface area (Å²) < 4.78 is 26.5. The number of carbonyl (C=O) groups is 1. The molecule has 0 spiro atoms. The minimum Gasteiger partial charge on any atom is -0.371 e. The van der Waals surface area contributed by atoms with Crippen molar-refractivity contribution in [1.29, 1.82) is 0 Å². The molecule has 1 N–H and O–H groups in total. The normalized spacial score (nSPS) is 16.1. The first kappa shape index (κ1) is 21.6. The number of sulfonamides is 1. The zero-order valence-electron chi connectivity index (χ0n) is 18.4. The SMILES string of the molecule is CCN1CCc2ccc(NC(=O)c3cc(S(=O)(=O)N(C)C)ccc3N3CCCC3)cc21. The average molecular weight is 443 g/mol. The van der Waals surface area contributed by atoms with Crippen molar-refractivity contribution >= 4 is 33.0 Å². The molecule has 0 aromatic heterocycles. The van der Waals surface area contributed by atoms with E-state index in [0.29, 0.717) is 5.56 Å².